The number of carboxylic acids is 1. The number of carbonyl (C=O) groups is 12. The van der Waals surface area contributed by atoms with E-state index in [4.69, 9.17) is 28.7 Å². The lowest BCUT2D eigenvalue weighted by Gasteiger charge is -2.29. The van der Waals surface area contributed by atoms with Crippen molar-refractivity contribution in [2.75, 3.05) is 65.5 Å². The van der Waals surface area contributed by atoms with E-state index in [1.54, 1.807) is 50.4 Å². The number of carbonyl (C=O) groups excluding carboxylic acids is 11. The minimum Gasteiger partial charge on any atom is -0.480 e. The molecule has 0 fully saturated rings. The second-order valence-corrected chi connectivity index (χ2v) is 27.0. The summed E-state index contributed by atoms with van der Waals surface area (Å²) in [5, 5.41) is 78.1. The molecule has 1 aromatic carbocycles. The van der Waals surface area contributed by atoms with Crippen molar-refractivity contribution in [2.24, 2.45) is 39.6 Å². The predicted molar refractivity (Wildman–Crippen MR) is 387 cm³/mol. The SMILES string of the molecule is CSCC[C@H](NC(=O)[C@H](CC(C)C)NC(=O)[C@H](CCCCN(C)C)NC(=O)[C@H](CCCCN)NC(=O)[C@H](Cc1cnc[nH]1)NC(=O)[C@H](CCCN=C(N)N)NC(=O)[C@H](CO)NC(=O)[C@@H](NC(=O)[C@@H](N)CO)[C@@H](C)O)C(=O)N[C@@H](Cc1ccccc1)C(=O)N[C@@H](CCCCN)C(=O)N[C@H](C(=O)O)[C@@H](C)O. The third-order valence-corrected chi connectivity index (χ3v) is 16.9. The van der Waals surface area contributed by atoms with E-state index in [9.17, 15) is 83.1 Å². The second kappa shape index (κ2) is 49.9. The van der Waals surface area contributed by atoms with Crippen molar-refractivity contribution >= 4 is 88.7 Å². The first-order valence-electron chi connectivity index (χ1n) is 34.8. The Hall–Kier alpha value is -8.63. The number of aliphatic hydroxyl groups excluding tert-OH is 4. The van der Waals surface area contributed by atoms with E-state index in [1.807, 2.05) is 19.0 Å². The lowest BCUT2D eigenvalue weighted by molar-refractivity contribution is -0.145. The van der Waals surface area contributed by atoms with Gasteiger partial charge in [0.1, 0.15) is 66.5 Å². The highest BCUT2D eigenvalue weighted by Crippen LogP contribution is 2.15. The number of unbranched alkanes of at least 4 members (excludes halogenated alkanes) is 3. The Morgan fingerprint density at radius 1 is 0.519 bits per heavy atom. The number of nitrogens with zero attached hydrogens (tertiary/aromatic N) is 3. The van der Waals surface area contributed by atoms with Gasteiger partial charge in [0.25, 0.3) is 0 Å². The lowest BCUT2D eigenvalue weighted by atomic mass is 10.0. The molecule has 2 rings (SSSR count). The molecule has 0 unspecified atom stereocenters. The first-order valence-corrected chi connectivity index (χ1v) is 36.2. The number of nitrogens with one attached hydrogen (secondary N) is 12. The van der Waals surface area contributed by atoms with Crippen molar-refractivity contribution in [1.29, 1.82) is 0 Å². The average molecular weight is 1490 g/mol. The molecule has 0 spiro atoms. The standard InChI is InChI=1S/C66H114N20O17S/c1-37(2)30-48(60(97)79-47(24-29-104-7)58(95)81-49(31-40-18-9-8-10-19-40)61(98)77-45(21-12-15-26-68)59(96)85-53(39(4)90)65(102)103)80-56(93)44(22-13-16-28-86(5)6)75-55(92)43(20-11-14-25-67)76-62(99)50(32-41-33-72-36-74-41)82-57(94)46(23-17-27-73-66(70)71)78-63(100)51(35-88)83-64(101)52(38(3)89)84-54(91)42(69)34-87/h8-10,18-19,33,36-39,42-53,87-90H,11-17,20-32,34-35,67-69H2,1-7H3,(H,72,74)(H,75,92)(H,76,99)(H,77,98)(H,78,100)(H,79,97)(H,80,93)(H,81,95)(H,82,94)(H,83,101)(H,84,91)(H,85,96)(H,102,103)(H4,70,71,73)/t38-,39-,42+,43+,44+,45+,46+,47+,48+,49+,50+,51+,52+,53+/m1/s1. The molecular weight excluding hydrogens is 1380 g/mol. The molecule has 2 aromatic rings. The highest BCUT2D eigenvalue weighted by molar-refractivity contribution is 7.98. The van der Waals surface area contributed by atoms with Crippen LogP contribution in [-0.2, 0) is 70.4 Å². The van der Waals surface area contributed by atoms with Crippen LogP contribution >= 0.6 is 11.8 Å². The van der Waals surface area contributed by atoms with Crippen LogP contribution in [0.1, 0.15) is 122 Å². The van der Waals surface area contributed by atoms with Gasteiger partial charge in [-0.3, -0.25) is 57.7 Å². The summed E-state index contributed by atoms with van der Waals surface area (Å²) in [5.41, 5.74) is 29.2. The minimum absolute atomic E-state index is 0.00982. The Balaban J connectivity index is 2.63. The summed E-state index contributed by atoms with van der Waals surface area (Å²) in [7, 11) is 3.71. The maximum absolute atomic E-state index is 14.9. The first kappa shape index (κ1) is 91.5. The van der Waals surface area contributed by atoms with Gasteiger partial charge in [0.05, 0.1) is 31.7 Å². The van der Waals surface area contributed by atoms with Gasteiger partial charge in [-0.05, 0) is 155 Å². The van der Waals surface area contributed by atoms with E-state index in [0.29, 0.717) is 55.7 Å². The minimum atomic E-state index is -1.81. The summed E-state index contributed by atoms with van der Waals surface area (Å²) in [6.45, 7) is 5.00. The molecule has 0 saturated heterocycles. The molecule has 1 aromatic heterocycles. The highest BCUT2D eigenvalue weighted by atomic mass is 32.2. The molecule has 11 amide bonds. The molecule has 104 heavy (non-hydrogen) atoms. The Kier molecular flexibility index (Phi) is 43.9. The van der Waals surface area contributed by atoms with Gasteiger partial charge in [-0.2, -0.15) is 11.8 Å². The number of H-pyrrole nitrogens is 1. The van der Waals surface area contributed by atoms with Crippen LogP contribution in [-0.4, -0.2) is 268 Å². The van der Waals surface area contributed by atoms with Crippen LogP contribution in [0.3, 0.4) is 0 Å². The number of carboxylic acid groups (broad SMARTS) is 1. The number of hydrogen-bond acceptors (Lipinski definition) is 23. The topological polar surface area (TPSA) is 613 Å². The summed E-state index contributed by atoms with van der Waals surface area (Å²) in [6, 6.07) is -9.39. The molecule has 0 aliphatic carbocycles. The van der Waals surface area contributed by atoms with E-state index < -0.39 is 169 Å². The second-order valence-electron chi connectivity index (χ2n) is 26.0. The molecule has 27 N–H and O–H groups in total. The van der Waals surface area contributed by atoms with Crippen molar-refractivity contribution in [3.8, 4) is 0 Å². The zero-order chi connectivity index (χ0) is 78.0. The monoisotopic (exact) mass is 1490 g/mol. The van der Waals surface area contributed by atoms with Crippen LogP contribution in [0.2, 0.25) is 0 Å². The molecule has 1 heterocycles. The third kappa shape index (κ3) is 35.2. The van der Waals surface area contributed by atoms with Crippen LogP contribution in [0.25, 0.3) is 0 Å². The maximum Gasteiger partial charge on any atom is 0.328 e. The summed E-state index contributed by atoms with van der Waals surface area (Å²) in [4.78, 5) is 181. The molecule has 0 saturated carbocycles. The average Bonchev–Trinajstić information content (AvgIpc) is 1.02. The number of imidazole rings is 1. The quantitative estimate of drug-likeness (QED) is 0.0166. The van der Waals surface area contributed by atoms with Crippen LogP contribution in [0.5, 0.6) is 0 Å². The van der Waals surface area contributed by atoms with Gasteiger partial charge >= 0.3 is 5.97 Å². The number of aliphatic imine (C=N–C) groups is 1. The number of aliphatic carboxylic acids is 1. The largest absolute Gasteiger partial charge is 0.480 e. The molecule has 0 aliphatic rings. The van der Waals surface area contributed by atoms with E-state index in [1.165, 1.54) is 31.2 Å². The van der Waals surface area contributed by atoms with Gasteiger partial charge in [0.15, 0.2) is 12.0 Å². The lowest BCUT2D eigenvalue weighted by Crippen LogP contribution is -2.62. The van der Waals surface area contributed by atoms with Crippen molar-refractivity contribution < 1.29 is 83.1 Å². The van der Waals surface area contributed by atoms with E-state index in [0.717, 1.165) is 6.92 Å². The Labute approximate surface area is 610 Å². The van der Waals surface area contributed by atoms with Gasteiger partial charge in [0, 0.05) is 31.3 Å². The number of nitrogens with two attached hydrogens (primary N) is 5. The van der Waals surface area contributed by atoms with Crippen molar-refractivity contribution in [2.45, 2.75) is 209 Å². The maximum atomic E-state index is 14.9. The van der Waals surface area contributed by atoms with Gasteiger partial charge in [-0.1, -0.05) is 44.2 Å². The van der Waals surface area contributed by atoms with Crippen molar-refractivity contribution in [1.82, 2.24) is 73.4 Å². The number of guanidine groups is 1. The molecule has 0 aliphatic heterocycles. The molecule has 38 heteroatoms. The van der Waals surface area contributed by atoms with Gasteiger partial charge in [0.2, 0.25) is 65.0 Å². The van der Waals surface area contributed by atoms with E-state index >= 15 is 0 Å². The molecule has 586 valence electrons. The summed E-state index contributed by atoms with van der Waals surface area (Å²) in [5.74, 6) is -12.0. The predicted octanol–water partition coefficient (Wildman–Crippen LogP) is -6.47. The number of rotatable bonds is 53. The smallest absolute Gasteiger partial charge is 0.328 e. The Morgan fingerprint density at radius 3 is 1.36 bits per heavy atom. The van der Waals surface area contributed by atoms with E-state index in [2.05, 4.69) is 73.4 Å². The Bertz CT molecular complexity index is 3020. The number of hydrogen-bond donors (Lipinski definition) is 22. The zero-order valence-electron chi connectivity index (χ0n) is 60.5. The molecule has 37 nitrogen and oxygen atoms in total. The number of aliphatic hydroxyl groups is 4. The van der Waals surface area contributed by atoms with Crippen LogP contribution in [0.4, 0.5) is 0 Å². The third-order valence-electron chi connectivity index (χ3n) is 16.3. The molecule has 14 atom stereocenters. The number of thioether (sulfide) groups is 1. The fourth-order valence-electron chi connectivity index (χ4n) is 10.5. The van der Waals surface area contributed by atoms with Crippen molar-refractivity contribution in [3.63, 3.8) is 0 Å². The van der Waals surface area contributed by atoms with E-state index in [-0.39, 0.29) is 95.7 Å². The van der Waals surface area contributed by atoms with Crippen LogP contribution in [0.15, 0.2) is 47.8 Å². The fourth-order valence-corrected chi connectivity index (χ4v) is 10.9. The van der Waals surface area contributed by atoms with Gasteiger partial charge in [-0.15, -0.1) is 0 Å². The number of amides is 11. The Morgan fingerprint density at radius 2 is 0.933 bits per heavy atom. The summed E-state index contributed by atoms with van der Waals surface area (Å²) >= 11 is 1.36. The normalized spacial score (nSPS) is 15.3. The van der Waals surface area contributed by atoms with Crippen molar-refractivity contribution in [3.05, 3.63) is 54.1 Å². The van der Waals surface area contributed by atoms with Gasteiger partial charge < -0.3 is 123 Å². The zero-order valence-corrected chi connectivity index (χ0v) is 61.3. The summed E-state index contributed by atoms with van der Waals surface area (Å²) < 4.78 is 0. The van der Waals surface area contributed by atoms with Gasteiger partial charge in [-0.25, -0.2) is 9.78 Å². The molecule has 0 bridgehead atoms. The highest BCUT2D eigenvalue weighted by Gasteiger charge is 2.38. The summed E-state index contributed by atoms with van der Waals surface area (Å²) in [6.07, 6.45) is 3.17. The number of aromatic amines is 1. The fraction of sp³-hybridized carbons (Fsp3) is 0.667. The number of benzene rings is 1. The molecular formula is C66H114N20O17S. The number of aromatic nitrogens is 2. The van der Waals surface area contributed by atoms with Crippen LogP contribution < -0.4 is 87.2 Å². The first-order chi connectivity index (χ1) is 49.3. The van der Waals surface area contributed by atoms with Crippen LogP contribution in [0, 0.1) is 5.92 Å². The molecule has 0 radical (unpaired) electrons.